The Morgan fingerprint density at radius 3 is 2.43 bits per heavy atom. The SMILES string of the molecule is O=C(NCc1ccccc1)c1ccc(-n2ncc(-c3ccccn3)c2O)cc1. The molecule has 0 unspecified atom stereocenters. The van der Waals surface area contributed by atoms with E-state index in [1.54, 1.807) is 42.7 Å². The summed E-state index contributed by atoms with van der Waals surface area (Å²) in [5.74, 6) is -0.158. The standard InChI is InChI=1S/C22H18N4O2/c27-21(24-14-16-6-2-1-3-7-16)17-9-11-18(12-10-17)26-22(28)19(15-25-26)20-8-4-5-13-23-20/h1-13,15,28H,14H2,(H,24,27). The molecule has 0 radical (unpaired) electrons. The molecule has 4 aromatic rings. The van der Waals surface area contributed by atoms with E-state index in [4.69, 9.17) is 0 Å². The van der Waals surface area contributed by atoms with Crippen molar-refractivity contribution in [3.05, 3.63) is 96.3 Å². The van der Waals surface area contributed by atoms with Gasteiger partial charge in [-0.2, -0.15) is 5.10 Å². The third-order valence-electron chi connectivity index (χ3n) is 4.35. The number of pyridine rings is 1. The first-order chi connectivity index (χ1) is 13.7. The highest BCUT2D eigenvalue weighted by Crippen LogP contribution is 2.29. The molecular formula is C22H18N4O2. The van der Waals surface area contributed by atoms with E-state index >= 15 is 0 Å². The van der Waals surface area contributed by atoms with Crippen LogP contribution in [0.3, 0.4) is 0 Å². The van der Waals surface area contributed by atoms with Gasteiger partial charge in [0, 0.05) is 18.3 Å². The van der Waals surface area contributed by atoms with Gasteiger partial charge in [-0.15, -0.1) is 0 Å². The predicted molar refractivity (Wildman–Crippen MR) is 106 cm³/mol. The number of carbonyl (C=O) groups excluding carboxylic acids is 1. The zero-order valence-electron chi connectivity index (χ0n) is 15.0. The van der Waals surface area contributed by atoms with Gasteiger partial charge >= 0.3 is 0 Å². The smallest absolute Gasteiger partial charge is 0.251 e. The number of hydrogen-bond donors (Lipinski definition) is 2. The highest BCUT2D eigenvalue weighted by molar-refractivity contribution is 5.94. The first kappa shape index (κ1) is 17.5. The molecule has 1 amide bonds. The molecule has 0 aliphatic carbocycles. The van der Waals surface area contributed by atoms with Gasteiger partial charge in [0.15, 0.2) is 0 Å². The van der Waals surface area contributed by atoms with E-state index in [0.717, 1.165) is 5.56 Å². The average molecular weight is 370 g/mol. The van der Waals surface area contributed by atoms with E-state index < -0.39 is 0 Å². The zero-order chi connectivity index (χ0) is 19.3. The van der Waals surface area contributed by atoms with Crippen LogP contribution in [0, 0.1) is 0 Å². The number of amides is 1. The number of aromatic hydroxyl groups is 1. The van der Waals surface area contributed by atoms with Gasteiger partial charge in [0.25, 0.3) is 5.91 Å². The van der Waals surface area contributed by atoms with Gasteiger partial charge in [0.1, 0.15) is 0 Å². The lowest BCUT2D eigenvalue weighted by Gasteiger charge is -2.07. The van der Waals surface area contributed by atoms with Crippen molar-refractivity contribution in [1.29, 1.82) is 0 Å². The number of hydrogen-bond acceptors (Lipinski definition) is 4. The summed E-state index contributed by atoms with van der Waals surface area (Å²) in [5, 5.41) is 17.6. The van der Waals surface area contributed by atoms with Crippen molar-refractivity contribution >= 4 is 5.91 Å². The summed E-state index contributed by atoms with van der Waals surface area (Å²) in [7, 11) is 0. The molecule has 4 rings (SSSR count). The number of carbonyl (C=O) groups is 1. The lowest BCUT2D eigenvalue weighted by Crippen LogP contribution is -2.22. The van der Waals surface area contributed by atoms with E-state index in [9.17, 15) is 9.90 Å². The van der Waals surface area contributed by atoms with Crippen molar-refractivity contribution in [2.24, 2.45) is 0 Å². The monoisotopic (exact) mass is 370 g/mol. The highest BCUT2D eigenvalue weighted by atomic mass is 16.3. The lowest BCUT2D eigenvalue weighted by atomic mass is 10.1. The van der Waals surface area contributed by atoms with Gasteiger partial charge < -0.3 is 10.4 Å². The largest absolute Gasteiger partial charge is 0.493 e. The van der Waals surface area contributed by atoms with Crippen molar-refractivity contribution in [3.8, 4) is 22.8 Å². The molecule has 0 spiro atoms. The minimum absolute atomic E-state index is 0.0000193. The van der Waals surface area contributed by atoms with E-state index in [-0.39, 0.29) is 11.8 Å². The molecule has 0 aliphatic heterocycles. The summed E-state index contributed by atoms with van der Waals surface area (Å²) in [4.78, 5) is 16.6. The molecule has 0 saturated carbocycles. The summed E-state index contributed by atoms with van der Waals surface area (Å²) < 4.78 is 1.41. The van der Waals surface area contributed by atoms with Crippen LogP contribution in [0.1, 0.15) is 15.9 Å². The van der Waals surface area contributed by atoms with Crippen LogP contribution in [0.5, 0.6) is 5.88 Å². The molecule has 0 fully saturated rings. The van der Waals surface area contributed by atoms with Crippen LogP contribution in [0.2, 0.25) is 0 Å². The van der Waals surface area contributed by atoms with E-state index in [2.05, 4.69) is 15.4 Å². The van der Waals surface area contributed by atoms with Crippen LogP contribution in [0.4, 0.5) is 0 Å². The second kappa shape index (κ2) is 7.75. The fraction of sp³-hybridized carbons (Fsp3) is 0.0455. The molecule has 0 atom stereocenters. The number of nitrogens with zero attached hydrogens (tertiary/aromatic N) is 3. The van der Waals surface area contributed by atoms with Crippen LogP contribution in [-0.4, -0.2) is 25.8 Å². The minimum atomic E-state index is -0.158. The summed E-state index contributed by atoms with van der Waals surface area (Å²) in [6.07, 6.45) is 3.23. The average Bonchev–Trinajstić information content (AvgIpc) is 3.15. The Bertz CT molecular complexity index is 1070. The molecule has 2 N–H and O–H groups in total. The van der Waals surface area contributed by atoms with Gasteiger partial charge in [-0.3, -0.25) is 9.78 Å². The molecule has 0 aliphatic rings. The van der Waals surface area contributed by atoms with Gasteiger partial charge in [-0.25, -0.2) is 4.68 Å². The quantitative estimate of drug-likeness (QED) is 0.563. The Morgan fingerprint density at radius 1 is 0.964 bits per heavy atom. The number of nitrogens with one attached hydrogen (secondary N) is 1. The van der Waals surface area contributed by atoms with Crippen LogP contribution in [0.15, 0.2) is 85.2 Å². The van der Waals surface area contributed by atoms with Crippen molar-refractivity contribution < 1.29 is 9.90 Å². The molecule has 2 aromatic carbocycles. The lowest BCUT2D eigenvalue weighted by molar-refractivity contribution is 0.0951. The maximum Gasteiger partial charge on any atom is 0.251 e. The van der Waals surface area contributed by atoms with Crippen LogP contribution >= 0.6 is 0 Å². The second-order valence-corrected chi connectivity index (χ2v) is 6.22. The molecule has 2 heterocycles. The summed E-state index contributed by atoms with van der Waals surface area (Å²) in [5.41, 5.74) is 3.42. The fourth-order valence-corrected chi connectivity index (χ4v) is 2.87. The molecule has 0 bridgehead atoms. The Kier molecular flexibility index (Phi) is 4.84. The van der Waals surface area contributed by atoms with Crippen molar-refractivity contribution in [3.63, 3.8) is 0 Å². The van der Waals surface area contributed by atoms with Gasteiger partial charge in [-0.1, -0.05) is 36.4 Å². The second-order valence-electron chi connectivity index (χ2n) is 6.22. The maximum atomic E-state index is 12.3. The third kappa shape index (κ3) is 3.61. The Hall–Kier alpha value is -3.93. The third-order valence-corrected chi connectivity index (χ3v) is 4.35. The maximum absolute atomic E-state index is 12.3. The molecule has 28 heavy (non-hydrogen) atoms. The highest BCUT2D eigenvalue weighted by Gasteiger charge is 2.14. The molecule has 6 heteroatoms. The minimum Gasteiger partial charge on any atom is -0.493 e. The summed E-state index contributed by atoms with van der Waals surface area (Å²) in [6, 6.07) is 22.1. The Balaban J connectivity index is 1.49. The van der Waals surface area contributed by atoms with Crippen molar-refractivity contribution in [2.75, 3.05) is 0 Å². The summed E-state index contributed by atoms with van der Waals surface area (Å²) in [6.45, 7) is 0.467. The number of rotatable bonds is 5. The van der Waals surface area contributed by atoms with E-state index in [0.29, 0.717) is 29.1 Å². The first-order valence-electron chi connectivity index (χ1n) is 8.83. The predicted octanol–water partition coefficient (Wildman–Crippen LogP) is 3.57. The molecule has 2 aromatic heterocycles. The molecular weight excluding hydrogens is 352 g/mol. The van der Waals surface area contributed by atoms with E-state index in [1.807, 2.05) is 42.5 Å². The van der Waals surface area contributed by atoms with Crippen LogP contribution in [-0.2, 0) is 6.54 Å². The topological polar surface area (TPSA) is 80.0 Å². The summed E-state index contributed by atoms with van der Waals surface area (Å²) >= 11 is 0. The zero-order valence-corrected chi connectivity index (χ0v) is 15.0. The van der Waals surface area contributed by atoms with Gasteiger partial charge in [0.05, 0.1) is 23.1 Å². The Labute approximate surface area is 162 Å². The van der Waals surface area contributed by atoms with Gasteiger partial charge in [0.2, 0.25) is 5.88 Å². The molecule has 138 valence electrons. The van der Waals surface area contributed by atoms with Crippen molar-refractivity contribution in [2.45, 2.75) is 6.54 Å². The van der Waals surface area contributed by atoms with Crippen LogP contribution < -0.4 is 5.32 Å². The normalized spacial score (nSPS) is 10.6. The molecule has 0 saturated heterocycles. The van der Waals surface area contributed by atoms with Crippen molar-refractivity contribution in [1.82, 2.24) is 20.1 Å². The van der Waals surface area contributed by atoms with E-state index in [1.165, 1.54) is 4.68 Å². The molecule has 6 nitrogen and oxygen atoms in total. The van der Waals surface area contributed by atoms with Gasteiger partial charge in [-0.05, 0) is 42.0 Å². The first-order valence-corrected chi connectivity index (χ1v) is 8.83. The fourth-order valence-electron chi connectivity index (χ4n) is 2.87. The number of aromatic nitrogens is 3. The Morgan fingerprint density at radius 2 is 1.71 bits per heavy atom. The number of benzene rings is 2. The van der Waals surface area contributed by atoms with Crippen LogP contribution in [0.25, 0.3) is 16.9 Å².